The molecule has 2 saturated heterocycles. The van der Waals surface area contributed by atoms with Crippen molar-refractivity contribution >= 4 is 14.4 Å². The van der Waals surface area contributed by atoms with Crippen LogP contribution in [-0.4, -0.2) is 54.3 Å². The van der Waals surface area contributed by atoms with E-state index in [-0.39, 0.29) is 23.2 Å². The second kappa shape index (κ2) is 7.10. The molecule has 0 aliphatic carbocycles. The number of piperidine rings is 1. The van der Waals surface area contributed by atoms with Gasteiger partial charge in [-0.05, 0) is 71.0 Å². The Morgan fingerprint density at radius 3 is 2.04 bits per heavy atom. The zero-order chi connectivity index (χ0) is 20.0. The molecule has 0 aromatic heterocycles. The summed E-state index contributed by atoms with van der Waals surface area (Å²) in [5.41, 5.74) is -1.21. The molecule has 0 spiro atoms. The fourth-order valence-electron chi connectivity index (χ4n) is 3.85. The predicted molar refractivity (Wildman–Crippen MR) is 107 cm³/mol. The van der Waals surface area contributed by atoms with Gasteiger partial charge in [0.25, 0.3) is 0 Å². The molecule has 2 aliphatic heterocycles. The molecule has 0 aromatic rings. The molecule has 2 heterocycles. The molecule has 1 amide bonds. The van der Waals surface area contributed by atoms with Crippen molar-refractivity contribution in [2.24, 2.45) is 0 Å². The first-order chi connectivity index (χ1) is 11.6. The Bertz CT molecular complexity index is 507. The molecule has 0 aromatic carbocycles. The quantitative estimate of drug-likeness (QED) is 0.713. The third kappa shape index (κ3) is 5.02. The number of nitrogens with zero attached hydrogens (tertiary/aromatic N) is 1. The Labute approximate surface area is 160 Å². The molecule has 26 heavy (non-hydrogen) atoms. The average Bonchev–Trinajstić information content (AvgIpc) is 2.68. The van der Waals surface area contributed by atoms with E-state index in [1.165, 1.54) is 0 Å². The molecule has 2 atom stereocenters. The Balaban J connectivity index is 1.94. The maximum absolute atomic E-state index is 12.5. The second-order valence-corrected chi connectivity index (χ2v) is 15.6. The maximum atomic E-state index is 12.5. The zero-order valence-electron chi connectivity index (χ0n) is 18.0. The normalized spacial score (nSPS) is 29.8. The van der Waals surface area contributed by atoms with Crippen molar-refractivity contribution < 1.29 is 19.1 Å². The van der Waals surface area contributed by atoms with Gasteiger partial charge in [0.05, 0.1) is 5.60 Å². The highest BCUT2D eigenvalue weighted by Crippen LogP contribution is 2.43. The van der Waals surface area contributed by atoms with Crippen LogP contribution in [0.5, 0.6) is 0 Å². The molecule has 2 unspecified atom stereocenters. The summed E-state index contributed by atoms with van der Waals surface area (Å²) in [6.07, 6.45) is 3.58. The topological polar surface area (TPSA) is 59.0 Å². The van der Waals surface area contributed by atoms with Crippen molar-refractivity contribution in [1.82, 2.24) is 4.90 Å². The lowest BCUT2D eigenvalue weighted by Gasteiger charge is -2.44. The van der Waals surface area contributed by atoms with Crippen molar-refractivity contribution in [2.45, 2.75) is 115 Å². The average molecular weight is 386 g/mol. The van der Waals surface area contributed by atoms with E-state index >= 15 is 0 Å². The molecule has 152 valence electrons. The molecule has 2 aliphatic rings. The molecule has 6 heteroatoms. The number of carbonyl (C=O) groups excluding carboxylic acids is 1. The van der Waals surface area contributed by atoms with Crippen LogP contribution >= 0.6 is 0 Å². The number of hydrogen-bond donors (Lipinski definition) is 1. The maximum Gasteiger partial charge on any atom is 0.410 e. The summed E-state index contributed by atoms with van der Waals surface area (Å²) in [6.45, 7) is 17.5. The van der Waals surface area contributed by atoms with Gasteiger partial charge in [-0.15, -0.1) is 0 Å². The smallest absolute Gasteiger partial charge is 0.410 e. The van der Waals surface area contributed by atoms with Gasteiger partial charge in [0.1, 0.15) is 5.60 Å². The van der Waals surface area contributed by atoms with Gasteiger partial charge in [-0.2, -0.15) is 0 Å². The van der Waals surface area contributed by atoms with Crippen LogP contribution in [0.2, 0.25) is 18.1 Å². The van der Waals surface area contributed by atoms with E-state index in [2.05, 4.69) is 33.9 Å². The summed E-state index contributed by atoms with van der Waals surface area (Å²) in [5.74, 6) is 0. The SMILES string of the molecule is CC(C)(C)OC(=O)N1C2CCC1CC(O)(CCO[Si](C)(C)C(C)(C)C)C2. The summed E-state index contributed by atoms with van der Waals surface area (Å²) >= 11 is 0. The molecular formula is C20H39NO4Si. The Morgan fingerprint density at radius 1 is 1.12 bits per heavy atom. The number of rotatable bonds is 4. The third-order valence-corrected chi connectivity index (χ3v) is 10.8. The van der Waals surface area contributed by atoms with E-state index in [1.54, 1.807) is 0 Å². The van der Waals surface area contributed by atoms with Crippen LogP contribution in [0.15, 0.2) is 0 Å². The van der Waals surface area contributed by atoms with Gasteiger partial charge < -0.3 is 19.2 Å². The van der Waals surface area contributed by atoms with Gasteiger partial charge in [-0.1, -0.05) is 20.8 Å². The third-order valence-electron chi connectivity index (χ3n) is 6.29. The van der Waals surface area contributed by atoms with Crippen molar-refractivity contribution in [3.05, 3.63) is 0 Å². The first-order valence-electron chi connectivity index (χ1n) is 10.0. The molecule has 0 radical (unpaired) electrons. The minimum Gasteiger partial charge on any atom is -0.444 e. The number of aliphatic hydroxyl groups is 1. The van der Waals surface area contributed by atoms with E-state index in [0.717, 1.165) is 12.8 Å². The predicted octanol–water partition coefficient (Wildman–Crippen LogP) is 4.69. The first kappa shape index (κ1) is 21.7. The highest BCUT2D eigenvalue weighted by Gasteiger charge is 2.50. The monoisotopic (exact) mass is 385 g/mol. The molecule has 5 nitrogen and oxygen atoms in total. The fourth-order valence-corrected chi connectivity index (χ4v) is 4.90. The number of fused-ring (bicyclic) bond motifs is 2. The standard InChI is InChI=1S/C20H39NO4Si/c1-18(2,3)25-17(22)21-15-9-10-16(21)14-20(23,13-15)11-12-24-26(7,8)19(4,5)6/h15-16,23H,9-14H2,1-8H3. The Hall–Kier alpha value is -0.593. The van der Waals surface area contributed by atoms with E-state index < -0.39 is 19.5 Å². The fraction of sp³-hybridized carbons (Fsp3) is 0.950. The highest BCUT2D eigenvalue weighted by atomic mass is 28.4. The lowest BCUT2D eigenvalue weighted by molar-refractivity contribution is -0.0676. The summed E-state index contributed by atoms with van der Waals surface area (Å²) < 4.78 is 11.8. The molecule has 2 rings (SSSR count). The molecule has 2 bridgehead atoms. The van der Waals surface area contributed by atoms with E-state index in [9.17, 15) is 9.90 Å². The van der Waals surface area contributed by atoms with Gasteiger partial charge in [-0.3, -0.25) is 0 Å². The largest absolute Gasteiger partial charge is 0.444 e. The molecule has 0 saturated carbocycles. The number of amides is 1. The summed E-state index contributed by atoms with van der Waals surface area (Å²) in [4.78, 5) is 14.4. The van der Waals surface area contributed by atoms with Crippen LogP contribution in [0.3, 0.4) is 0 Å². The summed E-state index contributed by atoms with van der Waals surface area (Å²) in [7, 11) is -1.79. The van der Waals surface area contributed by atoms with Gasteiger partial charge >= 0.3 is 6.09 Å². The number of hydrogen-bond acceptors (Lipinski definition) is 4. The van der Waals surface area contributed by atoms with E-state index in [0.29, 0.717) is 25.9 Å². The summed E-state index contributed by atoms with van der Waals surface area (Å²) in [6, 6.07) is 0.169. The van der Waals surface area contributed by atoms with Gasteiger partial charge in [0, 0.05) is 18.7 Å². The Kier molecular flexibility index (Phi) is 5.92. The van der Waals surface area contributed by atoms with Crippen molar-refractivity contribution in [2.75, 3.05) is 6.61 Å². The second-order valence-electron chi connectivity index (χ2n) is 10.8. The zero-order valence-corrected chi connectivity index (χ0v) is 19.0. The lowest BCUT2D eigenvalue weighted by Crippen LogP contribution is -2.54. The molecular weight excluding hydrogens is 346 g/mol. The van der Waals surface area contributed by atoms with Gasteiger partial charge in [-0.25, -0.2) is 4.79 Å². The Morgan fingerprint density at radius 2 is 1.62 bits per heavy atom. The van der Waals surface area contributed by atoms with Crippen LogP contribution in [0.25, 0.3) is 0 Å². The minimum atomic E-state index is -1.79. The summed E-state index contributed by atoms with van der Waals surface area (Å²) in [5, 5.41) is 11.3. The van der Waals surface area contributed by atoms with E-state index in [4.69, 9.17) is 9.16 Å². The number of carbonyl (C=O) groups is 1. The van der Waals surface area contributed by atoms with Crippen LogP contribution in [-0.2, 0) is 9.16 Å². The molecule has 1 N–H and O–H groups in total. The van der Waals surface area contributed by atoms with Crippen molar-refractivity contribution in [3.8, 4) is 0 Å². The van der Waals surface area contributed by atoms with E-state index in [1.807, 2.05) is 25.7 Å². The van der Waals surface area contributed by atoms with Crippen molar-refractivity contribution in [3.63, 3.8) is 0 Å². The molecule has 2 fully saturated rings. The van der Waals surface area contributed by atoms with Crippen LogP contribution in [0, 0.1) is 0 Å². The first-order valence-corrected chi connectivity index (χ1v) is 12.9. The lowest BCUT2D eigenvalue weighted by atomic mass is 9.84. The van der Waals surface area contributed by atoms with Crippen LogP contribution in [0.4, 0.5) is 4.79 Å². The highest BCUT2D eigenvalue weighted by molar-refractivity contribution is 6.74. The van der Waals surface area contributed by atoms with Crippen molar-refractivity contribution in [1.29, 1.82) is 0 Å². The van der Waals surface area contributed by atoms with Gasteiger partial charge in [0.2, 0.25) is 0 Å². The van der Waals surface area contributed by atoms with Crippen LogP contribution in [0.1, 0.15) is 73.6 Å². The van der Waals surface area contributed by atoms with Gasteiger partial charge in [0.15, 0.2) is 8.32 Å². The number of ether oxygens (including phenoxy) is 1. The minimum absolute atomic E-state index is 0.0847. The van der Waals surface area contributed by atoms with Crippen LogP contribution < -0.4 is 0 Å².